The van der Waals surface area contributed by atoms with Gasteiger partial charge in [0.1, 0.15) is 0 Å². The molecular formula is C10H11N2O2. The highest BCUT2D eigenvalue weighted by Gasteiger charge is 2.26. The van der Waals surface area contributed by atoms with E-state index in [-0.39, 0.29) is 12.5 Å². The zero-order chi connectivity index (χ0) is 10.1. The van der Waals surface area contributed by atoms with E-state index in [4.69, 9.17) is 10.8 Å². The van der Waals surface area contributed by atoms with Gasteiger partial charge >= 0.3 is 0 Å². The van der Waals surface area contributed by atoms with E-state index >= 15 is 0 Å². The highest BCUT2D eigenvalue weighted by atomic mass is 16.3. The van der Waals surface area contributed by atoms with E-state index in [0.717, 1.165) is 5.56 Å². The Balaban J connectivity index is 2.40. The second-order valence-corrected chi connectivity index (χ2v) is 3.40. The lowest BCUT2D eigenvalue weighted by Gasteiger charge is -2.23. The number of aliphatic hydroxyl groups excluding tert-OH is 1. The van der Waals surface area contributed by atoms with E-state index < -0.39 is 5.92 Å². The fourth-order valence-electron chi connectivity index (χ4n) is 1.65. The second kappa shape index (κ2) is 3.31. The van der Waals surface area contributed by atoms with Crippen LogP contribution >= 0.6 is 0 Å². The molecule has 14 heavy (non-hydrogen) atoms. The Morgan fingerprint density at radius 3 is 3.07 bits per heavy atom. The van der Waals surface area contributed by atoms with Gasteiger partial charge in [-0.1, -0.05) is 6.07 Å². The molecular weight excluding hydrogens is 180 g/mol. The number of nitrogens with one attached hydrogen (secondary N) is 2. The van der Waals surface area contributed by atoms with E-state index in [0.29, 0.717) is 17.8 Å². The number of carbonyl (C=O) groups is 1. The van der Waals surface area contributed by atoms with Gasteiger partial charge in [0.2, 0.25) is 5.91 Å². The number of amides is 1. The first-order valence-electron chi connectivity index (χ1n) is 4.47. The van der Waals surface area contributed by atoms with Gasteiger partial charge in [-0.25, -0.2) is 0 Å². The topological polar surface area (TPSA) is 73.1 Å². The molecule has 0 aromatic heterocycles. The predicted octanol–water partition coefficient (Wildman–Crippen LogP) is 0.704. The van der Waals surface area contributed by atoms with Crippen LogP contribution in [0.2, 0.25) is 0 Å². The zero-order valence-corrected chi connectivity index (χ0v) is 7.58. The molecule has 1 radical (unpaired) electrons. The Morgan fingerprint density at radius 1 is 1.57 bits per heavy atom. The van der Waals surface area contributed by atoms with Crippen molar-refractivity contribution in [2.75, 3.05) is 11.9 Å². The van der Waals surface area contributed by atoms with Crippen molar-refractivity contribution < 1.29 is 9.90 Å². The molecule has 0 fully saturated rings. The normalized spacial score (nSPS) is 20.1. The lowest BCUT2D eigenvalue weighted by Crippen LogP contribution is -2.32. The third kappa shape index (κ3) is 1.33. The Bertz CT molecular complexity index is 376. The SMILES string of the molecule is [NH]c1cccc2c1CC(CO)C(=O)N2. The Morgan fingerprint density at radius 2 is 2.36 bits per heavy atom. The number of benzene rings is 1. The average molecular weight is 191 g/mol. The number of aliphatic hydroxyl groups is 1. The minimum atomic E-state index is -0.408. The molecule has 1 amide bonds. The minimum Gasteiger partial charge on any atom is -0.396 e. The van der Waals surface area contributed by atoms with Gasteiger partial charge < -0.3 is 16.2 Å². The standard InChI is InChI=1S/C10H11N2O2/c11-8-2-1-3-9-7(8)4-6(5-13)10(14)12-9/h1-3,6,11,13H,4-5H2,(H,12,14). The number of hydrogen-bond acceptors (Lipinski definition) is 2. The summed E-state index contributed by atoms with van der Waals surface area (Å²) in [6.07, 6.45) is 0.456. The molecule has 0 aliphatic carbocycles. The van der Waals surface area contributed by atoms with Crippen molar-refractivity contribution in [2.45, 2.75) is 6.42 Å². The van der Waals surface area contributed by atoms with Crippen LogP contribution in [0, 0.1) is 5.92 Å². The number of anilines is 1. The summed E-state index contributed by atoms with van der Waals surface area (Å²) < 4.78 is 0. The fraction of sp³-hybridized carbons (Fsp3) is 0.300. The van der Waals surface area contributed by atoms with Gasteiger partial charge in [0.05, 0.1) is 18.2 Å². The fourth-order valence-corrected chi connectivity index (χ4v) is 1.65. The van der Waals surface area contributed by atoms with Gasteiger partial charge in [-0.15, -0.1) is 0 Å². The van der Waals surface area contributed by atoms with Gasteiger partial charge in [-0.3, -0.25) is 4.79 Å². The van der Waals surface area contributed by atoms with Crippen LogP contribution in [-0.4, -0.2) is 17.6 Å². The second-order valence-electron chi connectivity index (χ2n) is 3.40. The largest absolute Gasteiger partial charge is 0.396 e. The molecule has 4 nitrogen and oxygen atoms in total. The number of carbonyl (C=O) groups excluding carboxylic acids is 1. The van der Waals surface area contributed by atoms with Crippen molar-refractivity contribution in [2.24, 2.45) is 5.92 Å². The highest BCUT2D eigenvalue weighted by molar-refractivity contribution is 5.96. The van der Waals surface area contributed by atoms with Gasteiger partial charge in [-0.2, -0.15) is 0 Å². The molecule has 1 aliphatic heterocycles. The van der Waals surface area contributed by atoms with Crippen molar-refractivity contribution in [3.05, 3.63) is 23.8 Å². The smallest absolute Gasteiger partial charge is 0.230 e. The predicted molar refractivity (Wildman–Crippen MR) is 52.1 cm³/mol. The third-order valence-corrected chi connectivity index (χ3v) is 2.48. The minimum absolute atomic E-state index is 0.161. The number of hydrogen-bond donors (Lipinski definition) is 2. The van der Waals surface area contributed by atoms with Gasteiger partial charge in [0.25, 0.3) is 0 Å². The Kier molecular flexibility index (Phi) is 2.13. The van der Waals surface area contributed by atoms with E-state index in [2.05, 4.69) is 5.32 Å². The maximum absolute atomic E-state index is 11.4. The van der Waals surface area contributed by atoms with Crippen molar-refractivity contribution >= 4 is 17.3 Å². The molecule has 3 N–H and O–H groups in total. The summed E-state index contributed by atoms with van der Waals surface area (Å²) >= 11 is 0. The molecule has 2 rings (SSSR count). The molecule has 1 aromatic rings. The van der Waals surface area contributed by atoms with Crippen LogP contribution in [0.3, 0.4) is 0 Å². The lowest BCUT2D eigenvalue weighted by molar-refractivity contribution is -0.121. The molecule has 73 valence electrons. The van der Waals surface area contributed by atoms with E-state index in [1.807, 2.05) is 0 Å². The van der Waals surface area contributed by atoms with E-state index in [9.17, 15) is 4.79 Å². The first kappa shape index (κ1) is 9.02. The molecule has 0 spiro atoms. The quantitative estimate of drug-likeness (QED) is 0.685. The zero-order valence-electron chi connectivity index (χ0n) is 7.58. The van der Waals surface area contributed by atoms with Crippen LogP contribution in [0.25, 0.3) is 0 Å². The molecule has 0 saturated carbocycles. The van der Waals surface area contributed by atoms with Gasteiger partial charge in [0.15, 0.2) is 0 Å². The molecule has 1 heterocycles. The molecule has 1 aliphatic rings. The summed E-state index contributed by atoms with van der Waals surface area (Å²) in [7, 11) is 0. The summed E-state index contributed by atoms with van der Waals surface area (Å²) in [6.45, 7) is -0.167. The van der Waals surface area contributed by atoms with E-state index in [1.54, 1.807) is 18.2 Å². The van der Waals surface area contributed by atoms with Crippen LogP contribution < -0.4 is 11.1 Å². The maximum atomic E-state index is 11.4. The maximum Gasteiger partial charge on any atom is 0.230 e. The number of fused-ring (bicyclic) bond motifs is 1. The summed E-state index contributed by atoms with van der Waals surface area (Å²) in [6, 6.07) is 5.20. The highest BCUT2D eigenvalue weighted by Crippen LogP contribution is 2.30. The van der Waals surface area contributed by atoms with Crippen molar-refractivity contribution in [1.29, 1.82) is 0 Å². The molecule has 4 heteroatoms. The third-order valence-electron chi connectivity index (χ3n) is 2.48. The first-order valence-corrected chi connectivity index (χ1v) is 4.47. The summed E-state index contributed by atoms with van der Waals surface area (Å²) in [5, 5.41) is 11.6. The summed E-state index contributed by atoms with van der Waals surface area (Å²) in [4.78, 5) is 11.4. The Hall–Kier alpha value is -1.55. The molecule has 1 aromatic carbocycles. The van der Waals surface area contributed by atoms with Crippen LogP contribution in [0.5, 0.6) is 0 Å². The lowest BCUT2D eigenvalue weighted by atomic mass is 9.93. The van der Waals surface area contributed by atoms with Gasteiger partial charge in [0, 0.05) is 11.3 Å². The molecule has 0 saturated heterocycles. The van der Waals surface area contributed by atoms with Crippen LogP contribution in [0.15, 0.2) is 18.2 Å². The first-order chi connectivity index (χ1) is 6.72. The van der Waals surface area contributed by atoms with Crippen LogP contribution in [-0.2, 0) is 11.2 Å². The van der Waals surface area contributed by atoms with Crippen molar-refractivity contribution in [1.82, 2.24) is 5.73 Å². The van der Waals surface area contributed by atoms with Crippen molar-refractivity contribution in [3.63, 3.8) is 0 Å². The summed E-state index contributed by atoms with van der Waals surface area (Å²) in [5.41, 5.74) is 9.58. The summed E-state index contributed by atoms with van der Waals surface area (Å²) in [5.74, 6) is -0.570. The molecule has 1 atom stereocenters. The monoisotopic (exact) mass is 191 g/mol. The average Bonchev–Trinajstić information content (AvgIpc) is 2.17. The van der Waals surface area contributed by atoms with Gasteiger partial charge in [-0.05, 0) is 18.6 Å². The molecule has 1 unspecified atom stereocenters. The van der Waals surface area contributed by atoms with E-state index in [1.165, 1.54) is 0 Å². The van der Waals surface area contributed by atoms with Crippen molar-refractivity contribution in [3.8, 4) is 0 Å². The molecule has 0 bridgehead atoms. The van der Waals surface area contributed by atoms with Crippen LogP contribution in [0.1, 0.15) is 5.56 Å². The number of rotatable bonds is 1. The van der Waals surface area contributed by atoms with Crippen LogP contribution in [0.4, 0.5) is 11.4 Å². The Labute approximate surface area is 81.7 Å².